The van der Waals surface area contributed by atoms with Gasteiger partial charge in [-0.05, 0) is 79.8 Å². The molecule has 3 rings (SSSR count). The first kappa shape index (κ1) is 29.3. The smallest absolute Gasteiger partial charge is 0.416 e. The van der Waals surface area contributed by atoms with E-state index >= 15 is 0 Å². The summed E-state index contributed by atoms with van der Waals surface area (Å²) in [5.41, 5.74) is 1.09. The van der Waals surface area contributed by atoms with Crippen molar-refractivity contribution in [3.8, 4) is 17.2 Å². The number of thioether (sulfide) groups is 1. The van der Waals surface area contributed by atoms with E-state index in [1.54, 1.807) is 18.7 Å². The van der Waals surface area contributed by atoms with Gasteiger partial charge in [-0.2, -0.15) is 13.2 Å². The van der Waals surface area contributed by atoms with Gasteiger partial charge in [0.15, 0.2) is 23.1 Å². The fraction of sp³-hybridized carbons (Fsp3) is 0.321. The van der Waals surface area contributed by atoms with Crippen LogP contribution >= 0.6 is 11.8 Å². The molecule has 0 aliphatic rings. The molecule has 10 heteroatoms. The molecule has 0 bridgehead atoms. The number of rotatable bonds is 12. The van der Waals surface area contributed by atoms with E-state index in [1.165, 1.54) is 0 Å². The van der Waals surface area contributed by atoms with Crippen LogP contribution in [-0.4, -0.2) is 22.9 Å². The van der Waals surface area contributed by atoms with Gasteiger partial charge in [0.25, 0.3) is 0 Å². The number of halogens is 5. The maximum absolute atomic E-state index is 14.1. The van der Waals surface area contributed by atoms with Crippen LogP contribution < -0.4 is 9.47 Å². The first-order valence-corrected chi connectivity index (χ1v) is 12.9. The van der Waals surface area contributed by atoms with Crippen molar-refractivity contribution >= 4 is 17.7 Å². The van der Waals surface area contributed by atoms with E-state index in [4.69, 9.17) is 14.6 Å². The third kappa shape index (κ3) is 8.37. The highest BCUT2D eigenvalue weighted by molar-refractivity contribution is 7.99. The number of hydrogen-bond donors (Lipinski definition) is 1. The summed E-state index contributed by atoms with van der Waals surface area (Å²) in [5, 5.41) is 8.92. The Morgan fingerprint density at radius 2 is 1.71 bits per heavy atom. The van der Waals surface area contributed by atoms with E-state index in [2.05, 4.69) is 0 Å². The molecule has 3 aromatic carbocycles. The molecule has 0 saturated heterocycles. The molecule has 0 radical (unpaired) electrons. The zero-order valence-electron chi connectivity index (χ0n) is 20.8. The molecule has 204 valence electrons. The van der Waals surface area contributed by atoms with Crippen LogP contribution in [0.15, 0.2) is 59.5 Å². The first-order valence-electron chi connectivity index (χ1n) is 11.9. The molecule has 4 nitrogen and oxygen atoms in total. The molecular formula is C28H27F5O4S. The number of hydrogen-bond acceptors (Lipinski definition) is 4. The maximum atomic E-state index is 14.1. The fourth-order valence-corrected chi connectivity index (χ4v) is 4.74. The number of benzene rings is 3. The van der Waals surface area contributed by atoms with Gasteiger partial charge >= 0.3 is 12.1 Å². The number of ether oxygens (including phenoxy) is 2. The first-order chi connectivity index (χ1) is 18.0. The SMILES string of the molecule is CCc1cc(SCCC(C)Oc2ccc(C(F)(F)F)cc2Oc2ccc(F)cc2F)ccc1CCC(=O)O. The molecular weight excluding hydrogens is 527 g/mol. The van der Waals surface area contributed by atoms with Crippen molar-refractivity contribution in [2.75, 3.05) is 5.75 Å². The molecule has 1 N–H and O–H groups in total. The van der Waals surface area contributed by atoms with Crippen molar-refractivity contribution in [3.63, 3.8) is 0 Å². The second-order valence-electron chi connectivity index (χ2n) is 8.58. The minimum atomic E-state index is -4.65. The largest absolute Gasteiger partial charge is 0.487 e. The Labute approximate surface area is 221 Å². The van der Waals surface area contributed by atoms with Gasteiger partial charge in [0.05, 0.1) is 11.7 Å². The van der Waals surface area contributed by atoms with E-state index in [0.29, 0.717) is 24.7 Å². The lowest BCUT2D eigenvalue weighted by atomic mass is 10.0. The Bertz CT molecular complexity index is 1260. The van der Waals surface area contributed by atoms with Crippen molar-refractivity contribution in [2.24, 2.45) is 0 Å². The highest BCUT2D eigenvalue weighted by Crippen LogP contribution is 2.39. The van der Waals surface area contributed by atoms with Crippen LogP contribution in [0.2, 0.25) is 0 Å². The topological polar surface area (TPSA) is 55.8 Å². The molecule has 0 fully saturated rings. The average molecular weight is 555 g/mol. The highest BCUT2D eigenvalue weighted by Gasteiger charge is 2.32. The Morgan fingerprint density at radius 1 is 0.974 bits per heavy atom. The van der Waals surface area contributed by atoms with Crippen LogP contribution in [0.5, 0.6) is 17.2 Å². The molecule has 1 unspecified atom stereocenters. The van der Waals surface area contributed by atoms with Crippen LogP contribution in [0.1, 0.15) is 43.4 Å². The average Bonchev–Trinajstić information content (AvgIpc) is 2.85. The molecule has 0 amide bonds. The standard InChI is InChI=1S/C28H27F5O4S/c1-3-18-14-22(8-4-19(18)5-11-27(34)35)38-13-12-17(2)36-25-9-6-20(28(31,32)33)15-26(25)37-24-10-7-21(29)16-23(24)30/h4,6-10,14-17H,3,5,11-13H2,1-2H3,(H,34,35). The molecule has 3 aromatic rings. The van der Waals surface area contributed by atoms with Gasteiger partial charge in [-0.1, -0.05) is 13.0 Å². The fourth-order valence-electron chi connectivity index (χ4n) is 3.66. The van der Waals surface area contributed by atoms with Gasteiger partial charge in [0.1, 0.15) is 5.82 Å². The zero-order chi connectivity index (χ0) is 27.9. The van der Waals surface area contributed by atoms with Crippen molar-refractivity contribution in [2.45, 2.75) is 56.7 Å². The lowest BCUT2D eigenvalue weighted by Crippen LogP contribution is -2.14. The minimum absolute atomic E-state index is 0.00437. The van der Waals surface area contributed by atoms with Crippen LogP contribution in [0.3, 0.4) is 0 Å². The van der Waals surface area contributed by atoms with Gasteiger partial charge in [0, 0.05) is 23.1 Å². The summed E-state index contributed by atoms with van der Waals surface area (Å²) in [7, 11) is 0. The predicted octanol–water partition coefficient (Wildman–Crippen LogP) is 8.31. The van der Waals surface area contributed by atoms with E-state index < -0.39 is 41.2 Å². The van der Waals surface area contributed by atoms with E-state index in [1.807, 2.05) is 25.1 Å². The summed E-state index contributed by atoms with van der Waals surface area (Å²) in [6.07, 6.45) is -3.22. The second-order valence-corrected chi connectivity index (χ2v) is 9.75. The predicted molar refractivity (Wildman–Crippen MR) is 135 cm³/mol. The molecule has 1 atom stereocenters. The third-order valence-corrected chi connectivity index (χ3v) is 6.70. The van der Waals surface area contributed by atoms with E-state index in [-0.39, 0.29) is 17.9 Å². The molecule has 0 spiro atoms. The summed E-state index contributed by atoms with van der Waals surface area (Å²) < 4.78 is 78.3. The van der Waals surface area contributed by atoms with Gasteiger partial charge in [-0.15, -0.1) is 11.8 Å². The summed E-state index contributed by atoms with van der Waals surface area (Å²) in [6.45, 7) is 3.76. The van der Waals surface area contributed by atoms with Gasteiger partial charge < -0.3 is 14.6 Å². The van der Waals surface area contributed by atoms with Gasteiger partial charge in [-0.25, -0.2) is 8.78 Å². The normalized spacial score (nSPS) is 12.3. The molecule has 0 saturated carbocycles. The van der Waals surface area contributed by atoms with Crippen molar-refractivity contribution in [3.05, 3.63) is 82.9 Å². The van der Waals surface area contributed by atoms with Crippen molar-refractivity contribution in [1.29, 1.82) is 0 Å². The number of alkyl halides is 3. The summed E-state index contributed by atoms with van der Waals surface area (Å²) in [4.78, 5) is 11.9. The van der Waals surface area contributed by atoms with Gasteiger partial charge in [0.2, 0.25) is 0 Å². The molecule has 0 heterocycles. The maximum Gasteiger partial charge on any atom is 0.416 e. The number of aliphatic carboxylic acids is 1. The third-order valence-electron chi connectivity index (χ3n) is 5.67. The van der Waals surface area contributed by atoms with Crippen LogP contribution in [0.4, 0.5) is 22.0 Å². The Balaban J connectivity index is 1.67. The Kier molecular flexibility index (Phi) is 10.0. The second kappa shape index (κ2) is 13.0. The lowest BCUT2D eigenvalue weighted by molar-refractivity contribution is -0.138. The van der Waals surface area contributed by atoms with Crippen molar-refractivity contribution in [1.82, 2.24) is 0 Å². The number of carbonyl (C=O) groups is 1. The summed E-state index contributed by atoms with van der Waals surface area (Å²) >= 11 is 1.58. The Hall–Kier alpha value is -3.27. The zero-order valence-corrected chi connectivity index (χ0v) is 21.6. The molecule has 38 heavy (non-hydrogen) atoms. The monoisotopic (exact) mass is 554 g/mol. The van der Waals surface area contributed by atoms with E-state index in [0.717, 1.165) is 52.8 Å². The minimum Gasteiger partial charge on any atom is -0.487 e. The summed E-state index contributed by atoms with van der Waals surface area (Å²) in [5.74, 6) is -2.88. The molecule has 0 aliphatic carbocycles. The summed E-state index contributed by atoms with van der Waals surface area (Å²) in [6, 6.07) is 11.1. The molecule has 0 aromatic heterocycles. The van der Waals surface area contributed by atoms with Crippen LogP contribution in [0, 0.1) is 11.6 Å². The molecule has 0 aliphatic heterocycles. The van der Waals surface area contributed by atoms with Crippen molar-refractivity contribution < 1.29 is 41.3 Å². The highest BCUT2D eigenvalue weighted by atomic mass is 32.2. The number of carboxylic acids is 1. The lowest BCUT2D eigenvalue weighted by Gasteiger charge is -2.19. The number of carboxylic acid groups (broad SMARTS) is 1. The van der Waals surface area contributed by atoms with E-state index in [9.17, 15) is 26.7 Å². The number of aryl methyl sites for hydroxylation is 2. The van der Waals surface area contributed by atoms with Gasteiger partial charge in [-0.3, -0.25) is 4.79 Å². The van der Waals surface area contributed by atoms with Crippen LogP contribution in [0.25, 0.3) is 0 Å². The van der Waals surface area contributed by atoms with Crippen LogP contribution in [-0.2, 0) is 23.8 Å². The quantitative estimate of drug-likeness (QED) is 0.180. The Morgan fingerprint density at radius 3 is 2.37 bits per heavy atom.